The van der Waals surface area contributed by atoms with Gasteiger partial charge in [-0.05, 0) is 24.3 Å². The maximum absolute atomic E-state index is 12.0. The number of carbonyl (C=O) groups is 3. The number of hydrogen-bond acceptors (Lipinski definition) is 5. The summed E-state index contributed by atoms with van der Waals surface area (Å²) in [7, 11) is 0. The van der Waals surface area contributed by atoms with Crippen LogP contribution in [0.25, 0.3) is 0 Å². The van der Waals surface area contributed by atoms with Crippen molar-refractivity contribution in [2.75, 3.05) is 16.0 Å². The number of amides is 3. The van der Waals surface area contributed by atoms with Crippen molar-refractivity contribution < 1.29 is 14.4 Å². The Morgan fingerprint density at radius 3 is 2.09 bits per heavy atom. The molecule has 7 nitrogen and oxygen atoms in total. The predicted molar refractivity (Wildman–Crippen MR) is 89.5 cm³/mol. The van der Waals surface area contributed by atoms with E-state index in [0.29, 0.717) is 22.2 Å². The molecule has 0 aliphatic rings. The molecule has 0 saturated heterocycles. The summed E-state index contributed by atoms with van der Waals surface area (Å²) in [6.07, 6.45) is 0.115. The fourth-order valence-electron chi connectivity index (χ4n) is 1.81. The Hall–Kier alpha value is -2.74. The van der Waals surface area contributed by atoms with E-state index >= 15 is 0 Å². The minimum Gasteiger partial charge on any atom is -0.326 e. The highest BCUT2D eigenvalue weighted by molar-refractivity contribution is 7.13. The zero-order chi connectivity index (χ0) is 16.8. The van der Waals surface area contributed by atoms with Crippen molar-refractivity contribution in [1.29, 1.82) is 0 Å². The fourth-order valence-corrected chi connectivity index (χ4v) is 2.56. The van der Waals surface area contributed by atoms with Gasteiger partial charge >= 0.3 is 0 Å². The van der Waals surface area contributed by atoms with Crippen LogP contribution in [-0.4, -0.2) is 22.7 Å². The Labute approximate surface area is 137 Å². The van der Waals surface area contributed by atoms with Gasteiger partial charge in [0.05, 0.1) is 12.1 Å². The summed E-state index contributed by atoms with van der Waals surface area (Å²) in [6, 6.07) is 6.81. The molecule has 0 radical (unpaired) electrons. The van der Waals surface area contributed by atoms with Crippen molar-refractivity contribution in [3.8, 4) is 0 Å². The van der Waals surface area contributed by atoms with Gasteiger partial charge in [-0.3, -0.25) is 14.4 Å². The summed E-state index contributed by atoms with van der Waals surface area (Å²) < 4.78 is 0. The monoisotopic (exact) mass is 332 g/mol. The normalized spacial score (nSPS) is 10.0. The minimum absolute atomic E-state index is 0.115. The van der Waals surface area contributed by atoms with Crippen LogP contribution in [0.1, 0.15) is 19.5 Å². The summed E-state index contributed by atoms with van der Waals surface area (Å²) in [4.78, 5) is 38.0. The van der Waals surface area contributed by atoms with Crippen LogP contribution in [0.15, 0.2) is 29.6 Å². The third kappa shape index (κ3) is 5.51. The van der Waals surface area contributed by atoms with Crippen molar-refractivity contribution in [3.05, 3.63) is 35.3 Å². The molecule has 3 N–H and O–H groups in total. The lowest BCUT2D eigenvalue weighted by molar-refractivity contribution is -0.116. The first kappa shape index (κ1) is 16.6. The molecule has 0 aliphatic carbocycles. The van der Waals surface area contributed by atoms with E-state index in [-0.39, 0.29) is 24.1 Å². The SMILES string of the molecule is CC(=O)Nc1ccc(NC(=O)Cc2csc(NC(C)=O)n2)cc1. The Bertz CT molecular complexity index is 725. The van der Waals surface area contributed by atoms with Crippen LogP contribution >= 0.6 is 11.3 Å². The van der Waals surface area contributed by atoms with Crippen LogP contribution in [0.4, 0.5) is 16.5 Å². The summed E-state index contributed by atoms with van der Waals surface area (Å²) in [5.41, 5.74) is 1.88. The van der Waals surface area contributed by atoms with E-state index in [4.69, 9.17) is 0 Å². The molecule has 2 aromatic rings. The van der Waals surface area contributed by atoms with Gasteiger partial charge < -0.3 is 16.0 Å². The van der Waals surface area contributed by atoms with Crippen LogP contribution < -0.4 is 16.0 Å². The molecule has 8 heteroatoms. The highest BCUT2D eigenvalue weighted by Crippen LogP contribution is 2.17. The maximum atomic E-state index is 12.0. The average Bonchev–Trinajstić information content (AvgIpc) is 2.86. The number of nitrogens with one attached hydrogen (secondary N) is 3. The van der Waals surface area contributed by atoms with Gasteiger partial charge in [0.25, 0.3) is 0 Å². The highest BCUT2D eigenvalue weighted by Gasteiger charge is 2.09. The second kappa shape index (κ2) is 7.50. The molecule has 1 aromatic heterocycles. The van der Waals surface area contributed by atoms with Crippen LogP contribution in [-0.2, 0) is 20.8 Å². The van der Waals surface area contributed by atoms with Crippen LogP contribution in [0.5, 0.6) is 0 Å². The summed E-state index contributed by atoms with van der Waals surface area (Å²) in [5.74, 6) is -0.563. The second-order valence-corrected chi connectivity index (χ2v) is 5.67. The molecule has 0 spiro atoms. The molecular formula is C15H16N4O3S. The number of anilines is 3. The van der Waals surface area contributed by atoms with Gasteiger partial charge in [0.1, 0.15) is 0 Å². The Morgan fingerprint density at radius 2 is 1.52 bits per heavy atom. The third-order valence-electron chi connectivity index (χ3n) is 2.67. The zero-order valence-electron chi connectivity index (χ0n) is 12.7. The summed E-state index contributed by atoms with van der Waals surface area (Å²) in [5, 5.41) is 10.2. The van der Waals surface area contributed by atoms with E-state index in [9.17, 15) is 14.4 Å². The van der Waals surface area contributed by atoms with Gasteiger partial charge in [-0.2, -0.15) is 0 Å². The van der Waals surface area contributed by atoms with Gasteiger partial charge in [0.2, 0.25) is 17.7 Å². The number of nitrogens with zero attached hydrogens (tertiary/aromatic N) is 1. The molecular weight excluding hydrogens is 316 g/mol. The van der Waals surface area contributed by atoms with Gasteiger partial charge in [-0.25, -0.2) is 4.98 Å². The van der Waals surface area contributed by atoms with Crippen molar-refractivity contribution >= 4 is 45.6 Å². The zero-order valence-corrected chi connectivity index (χ0v) is 13.5. The quantitative estimate of drug-likeness (QED) is 0.781. The van der Waals surface area contributed by atoms with E-state index in [1.807, 2.05) is 0 Å². The first-order valence-electron chi connectivity index (χ1n) is 6.82. The van der Waals surface area contributed by atoms with Crippen LogP contribution in [0.2, 0.25) is 0 Å². The van der Waals surface area contributed by atoms with E-state index in [1.165, 1.54) is 25.2 Å². The molecule has 1 heterocycles. The molecule has 0 aliphatic heterocycles. The minimum atomic E-state index is -0.211. The highest BCUT2D eigenvalue weighted by atomic mass is 32.1. The topological polar surface area (TPSA) is 100 Å². The van der Waals surface area contributed by atoms with Gasteiger partial charge in [0.15, 0.2) is 5.13 Å². The smallest absolute Gasteiger partial charge is 0.230 e. The van der Waals surface area contributed by atoms with E-state index in [2.05, 4.69) is 20.9 Å². The lowest BCUT2D eigenvalue weighted by Gasteiger charge is -2.06. The fraction of sp³-hybridized carbons (Fsp3) is 0.200. The number of benzene rings is 1. The number of carbonyl (C=O) groups excluding carboxylic acids is 3. The van der Waals surface area contributed by atoms with Gasteiger partial charge in [-0.1, -0.05) is 0 Å². The summed E-state index contributed by atoms with van der Waals surface area (Å²) in [6.45, 7) is 2.83. The molecule has 0 saturated carbocycles. The number of thiazole rings is 1. The molecule has 120 valence electrons. The Balaban J connectivity index is 1.90. The predicted octanol–water partition coefficient (Wildman–Crippen LogP) is 2.24. The van der Waals surface area contributed by atoms with Crippen LogP contribution in [0.3, 0.4) is 0 Å². The van der Waals surface area contributed by atoms with Crippen molar-refractivity contribution in [2.24, 2.45) is 0 Å². The Morgan fingerprint density at radius 1 is 0.957 bits per heavy atom. The molecule has 2 rings (SSSR count). The molecule has 23 heavy (non-hydrogen) atoms. The summed E-state index contributed by atoms with van der Waals surface area (Å²) >= 11 is 1.27. The first-order valence-corrected chi connectivity index (χ1v) is 7.70. The number of hydrogen-bond donors (Lipinski definition) is 3. The largest absolute Gasteiger partial charge is 0.326 e. The average molecular weight is 332 g/mol. The molecule has 3 amide bonds. The van der Waals surface area contributed by atoms with E-state index < -0.39 is 0 Å². The van der Waals surface area contributed by atoms with E-state index in [0.717, 1.165) is 0 Å². The van der Waals surface area contributed by atoms with Crippen molar-refractivity contribution in [1.82, 2.24) is 4.98 Å². The lowest BCUT2D eigenvalue weighted by Crippen LogP contribution is -2.15. The molecule has 0 atom stereocenters. The molecule has 0 bridgehead atoms. The molecule has 0 unspecified atom stereocenters. The van der Waals surface area contributed by atoms with Crippen molar-refractivity contribution in [3.63, 3.8) is 0 Å². The van der Waals surface area contributed by atoms with E-state index in [1.54, 1.807) is 29.6 Å². The standard InChI is InChI=1S/C15H16N4O3S/c1-9(20)16-11-3-5-12(6-4-11)18-14(22)7-13-8-23-15(19-13)17-10(2)21/h3-6,8H,7H2,1-2H3,(H,16,20)(H,18,22)(H,17,19,21). The first-order chi connectivity index (χ1) is 10.9. The number of aromatic nitrogens is 1. The molecule has 1 aromatic carbocycles. The lowest BCUT2D eigenvalue weighted by atomic mass is 10.2. The van der Waals surface area contributed by atoms with Gasteiger partial charge in [-0.15, -0.1) is 11.3 Å². The second-order valence-electron chi connectivity index (χ2n) is 4.81. The van der Waals surface area contributed by atoms with Crippen molar-refractivity contribution in [2.45, 2.75) is 20.3 Å². The van der Waals surface area contributed by atoms with Crippen LogP contribution in [0, 0.1) is 0 Å². The molecule has 0 fully saturated rings. The van der Waals surface area contributed by atoms with Gasteiger partial charge in [0, 0.05) is 30.6 Å². The number of rotatable bonds is 5. The third-order valence-corrected chi connectivity index (χ3v) is 3.47. The maximum Gasteiger partial charge on any atom is 0.230 e. The Kier molecular flexibility index (Phi) is 5.42.